The lowest BCUT2D eigenvalue weighted by Gasteiger charge is -2.40. The van der Waals surface area contributed by atoms with Crippen molar-refractivity contribution in [3.63, 3.8) is 0 Å². The van der Waals surface area contributed by atoms with Gasteiger partial charge in [-0.25, -0.2) is 9.59 Å². The smallest absolute Gasteiger partial charge is 0.408 e. The number of aliphatic hydroxyl groups is 1. The molecule has 3 aromatic rings. The van der Waals surface area contributed by atoms with Crippen LogP contribution in [0.1, 0.15) is 56.4 Å². The first kappa shape index (κ1) is 35.9. The number of alkyl carbamates (subject to hydrolysis) is 1. The molecular formula is C37H38Cl2N5O7P. The number of halogens is 2. The number of nitrogens with two attached hydrogens (primary N) is 1. The highest BCUT2D eigenvalue weighted by molar-refractivity contribution is 7.86. The van der Waals surface area contributed by atoms with Gasteiger partial charge in [-0.05, 0) is 66.5 Å². The SMILES string of the molecule is CCC(C)CN(C(N)=O)C(=O)C1(NC(=O)C(CCC2=CC3=C(O)C4=C2P34=O)OC(=O)NCc2ccccc2)CCc2[nH]c3c(Cl)cc(Cl)cc3c2C1. The van der Waals surface area contributed by atoms with Gasteiger partial charge in [0, 0.05) is 40.9 Å². The molecule has 0 saturated carbocycles. The minimum Gasteiger partial charge on any atom is -0.506 e. The molecule has 15 heteroatoms. The number of nitrogens with one attached hydrogen (secondary N) is 3. The number of aryl methyl sites for hydroxylation is 1. The zero-order valence-electron chi connectivity index (χ0n) is 28.6. The van der Waals surface area contributed by atoms with E-state index in [0.29, 0.717) is 60.9 Å². The molecule has 0 spiro atoms. The molecule has 5 amide bonds. The first-order valence-corrected chi connectivity index (χ1v) is 19.6. The Morgan fingerprint density at radius 1 is 1.15 bits per heavy atom. The number of aromatic amines is 1. The van der Waals surface area contributed by atoms with Crippen LogP contribution in [0.15, 0.2) is 75.8 Å². The van der Waals surface area contributed by atoms with E-state index in [-0.39, 0.29) is 50.4 Å². The topological polar surface area (TPSA) is 184 Å². The highest BCUT2D eigenvalue weighted by Crippen LogP contribution is 2.95. The quantitative estimate of drug-likeness (QED) is 0.121. The van der Waals surface area contributed by atoms with Crippen molar-refractivity contribution in [1.82, 2.24) is 20.5 Å². The molecule has 3 aliphatic heterocycles. The second-order valence-corrected chi connectivity index (χ2v) is 17.3. The summed E-state index contributed by atoms with van der Waals surface area (Å²) in [7, 11) is -2.74. The van der Waals surface area contributed by atoms with Gasteiger partial charge in [0.1, 0.15) is 11.3 Å². The number of carbonyl (C=O) groups excluding carboxylic acids is 4. The zero-order valence-corrected chi connectivity index (χ0v) is 31.0. The predicted molar refractivity (Wildman–Crippen MR) is 197 cm³/mol. The standard InChI is InChI=1S/C37H38Cl2N5O7P/c1-3-19(2)18-44(35(40)48)34(47)37(12-11-26-24(16-37)23-14-22(38)15-25(39)29(23)42-26)43-33(46)27(51-36(49)41-17-20-7-5-4-6-8-20)10-9-21-13-28-30(45)32-31(21)52(28,32)50/h4-8,13-15,19,27,42,45H,3,9-12,16-18H2,1-2H3,(H2,40,48)(H,41,49)(H,43,46). The summed E-state index contributed by atoms with van der Waals surface area (Å²) in [6.45, 7) is 4.01. The maximum absolute atomic E-state index is 14.6. The third-order valence-corrected chi connectivity index (χ3v) is 14.0. The Bertz CT molecular complexity index is 2200. The normalized spacial score (nSPS) is 22.1. The van der Waals surface area contributed by atoms with Crippen molar-refractivity contribution in [3.05, 3.63) is 103 Å². The van der Waals surface area contributed by atoms with E-state index in [0.717, 1.165) is 16.2 Å². The molecule has 12 nitrogen and oxygen atoms in total. The molecule has 0 bridgehead atoms. The number of nitrogens with zero attached hydrogens (tertiary/aromatic N) is 1. The summed E-state index contributed by atoms with van der Waals surface area (Å²) in [6, 6.07) is 11.6. The van der Waals surface area contributed by atoms with Crippen LogP contribution in [-0.4, -0.2) is 57.1 Å². The Balaban J connectivity index is 1.20. The fourth-order valence-electron chi connectivity index (χ4n) is 7.46. The Labute approximate surface area is 309 Å². The van der Waals surface area contributed by atoms with Crippen molar-refractivity contribution in [1.29, 1.82) is 0 Å². The van der Waals surface area contributed by atoms with Gasteiger partial charge < -0.3 is 35.8 Å². The van der Waals surface area contributed by atoms with Crippen LogP contribution in [-0.2, 0) is 38.3 Å². The molecule has 52 heavy (non-hydrogen) atoms. The number of hydrogen-bond donors (Lipinski definition) is 5. The number of allylic oxidation sites excluding steroid dienone is 5. The number of primary amides is 1. The molecule has 6 N–H and O–H groups in total. The van der Waals surface area contributed by atoms with Crippen molar-refractivity contribution < 1.29 is 33.6 Å². The average Bonchev–Trinajstić information content (AvgIpc) is 3.34. The lowest BCUT2D eigenvalue weighted by molar-refractivity contribution is -0.143. The van der Waals surface area contributed by atoms with E-state index >= 15 is 0 Å². The van der Waals surface area contributed by atoms with Crippen molar-refractivity contribution in [2.75, 3.05) is 6.54 Å². The third-order valence-electron chi connectivity index (χ3n) is 10.5. The largest absolute Gasteiger partial charge is 0.506 e. The first-order chi connectivity index (χ1) is 24.8. The van der Waals surface area contributed by atoms with E-state index in [1.807, 2.05) is 44.2 Å². The molecule has 0 fully saturated rings. The Hall–Kier alpha value is -4.51. The van der Waals surface area contributed by atoms with Gasteiger partial charge in [0.25, 0.3) is 11.8 Å². The van der Waals surface area contributed by atoms with E-state index in [9.17, 15) is 28.8 Å². The van der Waals surface area contributed by atoms with Crippen LogP contribution < -0.4 is 16.4 Å². The molecule has 4 aliphatic rings. The van der Waals surface area contributed by atoms with E-state index in [1.165, 1.54) is 0 Å². The number of amides is 5. The van der Waals surface area contributed by atoms with Gasteiger partial charge in [0.05, 0.1) is 21.2 Å². The highest BCUT2D eigenvalue weighted by Gasteiger charge is 2.67. The molecule has 4 heterocycles. The predicted octanol–water partition coefficient (Wildman–Crippen LogP) is 7.16. The molecule has 272 valence electrons. The fraction of sp³-hybridized carbons (Fsp3) is 0.351. The van der Waals surface area contributed by atoms with Gasteiger partial charge >= 0.3 is 12.1 Å². The maximum atomic E-state index is 14.6. The second kappa shape index (κ2) is 13.5. The fourth-order valence-corrected chi connectivity index (χ4v) is 11.0. The summed E-state index contributed by atoms with van der Waals surface area (Å²) < 4.78 is 18.8. The van der Waals surface area contributed by atoms with Crippen LogP contribution >= 0.6 is 30.3 Å². The Morgan fingerprint density at radius 3 is 2.56 bits per heavy atom. The number of ether oxygens (including phenoxy) is 1. The molecule has 0 radical (unpaired) electrons. The Kier molecular flexibility index (Phi) is 9.30. The molecule has 1 aromatic heterocycles. The number of rotatable bonds is 12. The van der Waals surface area contributed by atoms with Gasteiger partial charge in [0.2, 0.25) is 0 Å². The molecule has 7 rings (SSSR count). The van der Waals surface area contributed by atoms with E-state index in [1.54, 1.807) is 18.2 Å². The van der Waals surface area contributed by atoms with Gasteiger partial charge in [0.15, 0.2) is 13.2 Å². The third kappa shape index (κ3) is 6.10. The van der Waals surface area contributed by atoms with Crippen LogP contribution in [0.5, 0.6) is 0 Å². The molecule has 2 aromatic carbocycles. The van der Waals surface area contributed by atoms with E-state index in [4.69, 9.17) is 33.7 Å². The molecular weight excluding hydrogens is 728 g/mol. The number of hydrogen-bond acceptors (Lipinski definition) is 7. The van der Waals surface area contributed by atoms with Gasteiger partial charge in [-0.15, -0.1) is 0 Å². The number of aromatic nitrogens is 1. The summed E-state index contributed by atoms with van der Waals surface area (Å²) in [5.41, 5.74) is 7.80. The minimum atomic E-state index is -2.74. The van der Waals surface area contributed by atoms with Crippen LogP contribution in [0.4, 0.5) is 9.59 Å². The number of benzene rings is 2. The van der Waals surface area contributed by atoms with Crippen LogP contribution in [0.3, 0.4) is 0 Å². The monoisotopic (exact) mass is 765 g/mol. The Morgan fingerprint density at radius 2 is 1.90 bits per heavy atom. The van der Waals surface area contributed by atoms with Gasteiger partial charge in [-0.3, -0.25) is 14.5 Å². The van der Waals surface area contributed by atoms with E-state index in [2.05, 4.69) is 15.6 Å². The lowest BCUT2D eigenvalue weighted by Crippen LogP contribution is -2.65. The second-order valence-electron chi connectivity index (χ2n) is 13.9. The van der Waals surface area contributed by atoms with Crippen molar-refractivity contribution >= 4 is 65.2 Å². The number of imide groups is 1. The average molecular weight is 767 g/mol. The van der Waals surface area contributed by atoms with Crippen LogP contribution in [0.25, 0.3) is 10.9 Å². The van der Waals surface area contributed by atoms with Crippen molar-refractivity contribution in [3.8, 4) is 0 Å². The number of aliphatic hydroxyl groups excluding tert-OH is 1. The van der Waals surface area contributed by atoms with Gasteiger partial charge in [-0.1, -0.05) is 73.8 Å². The number of fused-ring (bicyclic) bond motifs is 3. The first-order valence-electron chi connectivity index (χ1n) is 17.2. The van der Waals surface area contributed by atoms with Gasteiger partial charge in [-0.2, -0.15) is 0 Å². The molecule has 0 saturated heterocycles. The maximum Gasteiger partial charge on any atom is 0.408 e. The minimum absolute atomic E-state index is 0.0124. The number of carbonyl (C=O) groups is 4. The summed E-state index contributed by atoms with van der Waals surface area (Å²) >= 11 is 12.9. The molecule has 4 atom stereocenters. The molecule has 1 aliphatic carbocycles. The van der Waals surface area contributed by atoms with Crippen LogP contribution in [0.2, 0.25) is 10.0 Å². The van der Waals surface area contributed by atoms with E-state index < -0.39 is 42.7 Å². The zero-order chi connectivity index (χ0) is 37.1. The summed E-state index contributed by atoms with van der Waals surface area (Å²) in [5.74, 6) is -1.45. The highest BCUT2D eigenvalue weighted by atomic mass is 35.5. The molecule has 4 unspecified atom stereocenters. The summed E-state index contributed by atoms with van der Waals surface area (Å²) in [4.78, 5) is 59.4. The number of urea groups is 1. The number of H-pyrrole nitrogens is 1. The van der Waals surface area contributed by atoms with Crippen LogP contribution in [0, 0.1) is 5.92 Å². The van der Waals surface area contributed by atoms with Crippen molar-refractivity contribution in [2.45, 2.75) is 70.6 Å². The van der Waals surface area contributed by atoms with Crippen molar-refractivity contribution in [2.24, 2.45) is 11.7 Å². The summed E-state index contributed by atoms with van der Waals surface area (Å²) in [6.07, 6.45) is 0.672. The lowest BCUT2D eigenvalue weighted by atomic mass is 9.78. The summed E-state index contributed by atoms with van der Waals surface area (Å²) in [5, 5.41) is 18.7.